The number of fused-ring (bicyclic) bond motifs is 1. The van der Waals surface area contributed by atoms with Crippen molar-refractivity contribution in [2.45, 2.75) is 6.92 Å². The molecule has 2 aromatic rings. The van der Waals surface area contributed by atoms with Gasteiger partial charge in [0.15, 0.2) is 11.5 Å². The molecule has 0 radical (unpaired) electrons. The lowest BCUT2D eigenvalue weighted by molar-refractivity contribution is 0.170. The summed E-state index contributed by atoms with van der Waals surface area (Å²) >= 11 is 6.24. The lowest BCUT2D eigenvalue weighted by Gasteiger charge is -2.22. The van der Waals surface area contributed by atoms with Crippen LogP contribution in [0.25, 0.3) is 11.3 Å². The minimum atomic E-state index is 0.516. The molecule has 6 heteroatoms. The van der Waals surface area contributed by atoms with E-state index in [2.05, 4.69) is 5.10 Å². The van der Waals surface area contributed by atoms with Gasteiger partial charge in [0.2, 0.25) is 0 Å². The first-order valence-electron chi connectivity index (χ1n) is 5.96. The first kappa shape index (κ1) is 12.2. The van der Waals surface area contributed by atoms with Gasteiger partial charge in [0.25, 0.3) is 0 Å². The summed E-state index contributed by atoms with van der Waals surface area (Å²) in [6.07, 6.45) is 0. The maximum Gasteiger partial charge on any atom is 0.180 e. The number of benzene rings is 1. The van der Waals surface area contributed by atoms with Crippen molar-refractivity contribution in [1.82, 2.24) is 9.78 Å². The van der Waals surface area contributed by atoms with Crippen molar-refractivity contribution in [2.24, 2.45) is 7.05 Å². The standard InChI is InChI=1S/C13H14ClN3O2/c1-7-8(10-6-11(15)17(2)16-10)5-9(14)13-12(7)18-3-4-19-13/h5-6H,3-4,15H2,1-2H3. The van der Waals surface area contributed by atoms with Gasteiger partial charge in [-0.2, -0.15) is 5.10 Å². The van der Waals surface area contributed by atoms with Crippen LogP contribution in [0.4, 0.5) is 5.82 Å². The largest absolute Gasteiger partial charge is 0.486 e. The minimum absolute atomic E-state index is 0.516. The van der Waals surface area contributed by atoms with Crippen molar-refractivity contribution in [3.63, 3.8) is 0 Å². The number of ether oxygens (including phenoxy) is 2. The molecule has 0 amide bonds. The summed E-state index contributed by atoms with van der Waals surface area (Å²) in [5.74, 6) is 1.90. The molecule has 0 aliphatic carbocycles. The molecule has 1 aromatic carbocycles. The highest BCUT2D eigenvalue weighted by molar-refractivity contribution is 6.32. The summed E-state index contributed by atoms with van der Waals surface area (Å²) in [5, 5.41) is 4.90. The number of nitrogens with two attached hydrogens (primary N) is 1. The number of anilines is 1. The van der Waals surface area contributed by atoms with Gasteiger partial charge in [0.05, 0.1) is 10.7 Å². The molecule has 0 atom stereocenters. The smallest absolute Gasteiger partial charge is 0.180 e. The maximum absolute atomic E-state index is 6.24. The Labute approximate surface area is 115 Å². The first-order valence-corrected chi connectivity index (χ1v) is 6.34. The Kier molecular flexibility index (Phi) is 2.78. The third kappa shape index (κ3) is 1.90. The van der Waals surface area contributed by atoms with Gasteiger partial charge in [0.1, 0.15) is 19.0 Å². The van der Waals surface area contributed by atoms with E-state index in [-0.39, 0.29) is 0 Å². The van der Waals surface area contributed by atoms with Crippen LogP contribution in [0.5, 0.6) is 11.5 Å². The van der Waals surface area contributed by atoms with E-state index < -0.39 is 0 Å². The summed E-state index contributed by atoms with van der Waals surface area (Å²) in [7, 11) is 1.80. The number of aromatic nitrogens is 2. The SMILES string of the molecule is Cc1c(-c2cc(N)n(C)n2)cc(Cl)c2c1OCCO2. The molecule has 0 bridgehead atoms. The van der Waals surface area contributed by atoms with E-state index in [4.69, 9.17) is 26.8 Å². The van der Waals surface area contributed by atoms with Crippen molar-refractivity contribution >= 4 is 17.4 Å². The molecule has 0 unspecified atom stereocenters. The molecule has 3 rings (SSSR count). The predicted octanol–water partition coefficient (Wildman–Crippen LogP) is 2.40. The number of hydrogen-bond acceptors (Lipinski definition) is 4. The molecule has 1 aliphatic rings. The Morgan fingerprint density at radius 2 is 1.95 bits per heavy atom. The van der Waals surface area contributed by atoms with E-state index in [0.29, 0.717) is 35.6 Å². The second-order valence-corrected chi connectivity index (χ2v) is 4.87. The van der Waals surface area contributed by atoms with Crippen LogP contribution in [-0.4, -0.2) is 23.0 Å². The fourth-order valence-electron chi connectivity index (χ4n) is 2.18. The molecule has 2 heterocycles. The van der Waals surface area contributed by atoms with Gasteiger partial charge in [-0.3, -0.25) is 4.68 Å². The van der Waals surface area contributed by atoms with Gasteiger partial charge < -0.3 is 15.2 Å². The predicted molar refractivity (Wildman–Crippen MR) is 73.8 cm³/mol. The Hall–Kier alpha value is -1.88. The van der Waals surface area contributed by atoms with Gasteiger partial charge in [-0.15, -0.1) is 0 Å². The van der Waals surface area contributed by atoms with Gasteiger partial charge in [0, 0.05) is 24.2 Å². The van der Waals surface area contributed by atoms with E-state index >= 15 is 0 Å². The van der Waals surface area contributed by atoms with Crippen LogP contribution in [0, 0.1) is 6.92 Å². The Balaban J connectivity index is 2.19. The second-order valence-electron chi connectivity index (χ2n) is 4.46. The summed E-state index contributed by atoms with van der Waals surface area (Å²) in [6.45, 7) is 3.00. The molecule has 5 nitrogen and oxygen atoms in total. The topological polar surface area (TPSA) is 62.3 Å². The normalized spacial score (nSPS) is 13.6. The van der Waals surface area contributed by atoms with Crippen LogP contribution in [0.3, 0.4) is 0 Å². The minimum Gasteiger partial charge on any atom is -0.486 e. The third-order valence-corrected chi connectivity index (χ3v) is 3.49. The molecule has 1 aliphatic heterocycles. The zero-order valence-corrected chi connectivity index (χ0v) is 11.5. The van der Waals surface area contributed by atoms with E-state index in [1.165, 1.54) is 0 Å². The third-order valence-electron chi connectivity index (χ3n) is 3.21. The lowest BCUT2D eigenvalue weighted by atomic mass is 10.0. The molecule has 0 fully saturated rings. The number of aryl methyl sites for hydroxylation is 1. The van der Waals surface area contributed by atoms with Crippen LogP contribution in [0.2, 0.25) is 5.02 Å². The van der Waals surface area contributed by atoms with Gasteiger partial charge in [-0.25, -0.2) is 0 Å². The Morgan fingerprint density at radius 1 is 1.26 bits per heavy atom. The highest BCUT2D eigenvalue weighted by Gasteiger charge is 2.22. The fraction of sp³-hybridized carbons (Fsp3) is 0.308. The monoisotopic (exact) mass is 279 g/mol. The molecule has 19 heavy (non-hydrogen) atoms. The van der Waals surface area contributed by atoms with Gasteiger partial charge >= 0.3 is 0 Å². The van der Waals surface area contributed by atoms with E-state index in [0.717, 1.165) is 16.8 Å². The average molecular weight is 280 g/mol. The number of hydrogen-bond donors (Lipinski definition) is 1. The molecule has 2 N–H and O–H groups in total. The quantitative estimate of drug-likeness (QED) is 0.871. The van der Waals surface area contributed by atoms with Crippen molar-refractivity contribution in [2.75, 3.05) is 18.9 Å². The van der Waals surface area contributed by atoms with Crippen LogP contribution in [0.15, 0.2) is 12.1 Å². The lowest BCUT2D eigenvalue weighted by Crippen LogP contribution is -2.16. The number of halogens is 1. The van der Waals surface area contributed by atoms with Gasteiger partial charge in [-0.05, 0) is 13.0 Å². The Bertz CT molecular complexity index is 632. The van der Waals surface area contributed by atoms with Crippen molar-refractivity contribution in [1.29, 1.82) is 0 Å². The van der Waals surface area contributed by atoms with Crippen molar-refractivity contribution < 1.29 is 9.47 Å². The van der Waals surface area contributed by atoms with E-state index in [1.807, 2.05) is 19.1 Å². The van der Waals surface area contributed by atoms with Gasteiger partial charge in [-0.1, -0.05) is 11.6 Å². The van der Waals surface area contributed by atoms with E-state index in [1.54, 1.807) is 11.7 Å². The van der Waals surface area contributed by atoms with Crippen LogP contribution in [0.1, 0.15) is 5.56 Å². The molecule has 0 saturated carbocycles. The molecule has 0 saturated heterocycles. The Morgan fingerprint density at radius 3 is 2.58 bits per heavy atom. The van der Waals surface area contributed by atoms with E-state index in [9.17, 15) is 0 Å². The van der Waals surface area contributed by atoms with Crippen LogP contribution >= 0.6 is 11.6 Å². The van der Waals surface area contributed by atoms with Crippen molar-refractivity contribution in [3.05, 3.63) is 22.7 Å². The number of rotatable bonds is 1. The molecular weight excluding hydrogens is 266 g/mol. The highest BCUT2D eigenvalue weighted by Crippen LogP contribution is 2.44. The van der Waals surface area contributed by atoms with Crippen LogP contribution < -0.4 is 15.2 Å². The highest BCUT2D eigenvalue weighted by atomic mass is 35.5. The second kappa shape index (κ2) is 4.35. The molecule has 1 aromatic heterocycles. The maximum atomic E-state index is 6.24. The summed E-state index contributed by atoms with van der Waals surface area (Å²) in [4.78, 5) is 0. The zero-order chi connectivity index (χ0) is 13.6. The van der Waals surface area contributed by atoms with Crippen molar-refractivity contribution in [3.8, 4) is 22.8 Å². The molecular formula is C13H14ClN3O2. The number of nitrogens with zero attached hydrogens (tertiary/aromatic N) is 2. The first-order chi connectivity index (χ1) is 9.08. The summed E-state index contributed by atoms with van der Waals surface area (Å²) in [6, 6.07) is 3.65. The summed E-state index contributed by atoms with van der Waals surface area (Å²) in [5.41, 5.74) is 8.45. The molecule has 100 valence electrons. The van der Waals surface area contributed by atoms with Crippen LogP contribution in [-0.2, 0) is 7.05 Å². The molecule has 0 spiro atoms. The fourth-order valence-corrected chi connectivity index (χ4v) is 2.43. The summed E-state index contributed by atoms with van der Waals surface area (Å²) < 4.78 is 12.8. The average Bonchev–Trinajstić information content (AvgIpc) is 2.74. The number of nitrogen functional groups attached to an aromatic ring is 1. The zero-order valence-electron chi connectivity index (χ0n) is 10.7.